The zero-order valence-electron chi connectivity index (χ0n) is 12.8. The number of hydrogen-bond donors (Lipinski definition) is 1. The molecule has 2 rings (SSSR count). The maximum atomic E-state index is 12.2. The Bertz CT molecular complexity index is 430. The summed E-state index contributed by atoms with van der Waals surface area (Å²) in [7, 11) is 0. The number of hydrogen-bond acceptors (Lipinski definition) is 4. The van der Waals surface area contributed by atoms with Gasteiger partial charge in [0.05, 0.1) is 11.2 Å². The van der Waals surface area contributed by atoms with E-state index in [1.807, 2.05) is 31.2 Å². The minimum atomic E-state index is -0.270. The standard InChI is InChI=1S/C15H25N3OS/c1-11(13-9-20-10-16-13)17-12-5-7-18(8-6-12)14(19)15(2,3)4/h9-12,17H,5-8H2,1-4H3. The van der Waals surface area contributed by atoms with Crippen molar-refractivity contribution in [1.82, 2.24) is 15.2 Å². The molecule has 20 heavy (non-hydrogen) atoms. The SMILES string of the molecule is CC(NC1CCN(C(=O)C(C)(C)C)CC1)c1cscn1. The lowest BCUT2D eigenvalue weighted by molar-refractivity contribution is -0.140. The number of nitrogens with zero attached hydrogens (tertiary/aromatic N) is 2. The normalized spacial score (nSPS) is 19.1. The maximum absolute atomic E-state index is 12.2. The van der Waals surface area contributed by atoms with Crippen LogP contribution >= 0.6 is 11.3 Å². The summed E-state index contributed by atoms with van der Waals surface area (Å²) in [5, 5.41) is 5.72. The van der Waals surface area contributed by atoms with Gasteiger partial charge >= 0.3 is 0 Å². The maximum Gasteiger partial charge on any atom is 0.227 e. The number of amides is 1. The second-order valence-electron chi connectivity index (χ2n) is 6.62. The third-order valence-electron chi connectivity index (χ3n) is 3.80. The Kier molecular flexibility index (Phi) is 4.81. The van der Waals surface area contributed by atoms with Crippen LogP contribution in [0.25, 0.3) is 0 Å². The van der Waals surface area contributed by atoms with Gasteiger partial charge in [0.1, 0.15) is 0 Å². The Hall–Kier alpha value is -0.940. The number of carbonyl (C=O) groups is 1. The lowest BCUT2D eigenvalue weighted by Crippen LogP contribution is -2.48. The molecule has 1 aliphatic heterocycles. The Morgan fingerprint density at radius 1 is 1.45 bits per heavy atom. The zero-order chi connectivity index (χ0) is 14.8. The van der Waals surface area contributed by atoms with E-state index in [1.54, 1.807) is 11.3 Å². The summed E-state index contributed by atoms with van der Waals surface area (Å²) in [6.07, 6.45) is 2.05. The number of nitrogens with one attached hydrogen (secondary N) is 1. The van der Waals surface area contributed by atoms with Crippen molar-refractivity contribution in [3.63, 3.8) is 0 Å². The molecule has 5 heteroatoms. The Labute approximate surface area is 125 Å². The van der Waals surface area contributed by atoms with Crippen molar-refractivity contribution in [2.75, 3.05) is 13.1 Å². The summed E-state index contributed by atoms with van der Waals surface area (Å²) in [6.45, 7) is 9.84. The molecule has 1 atom stereocenters. The molecule has 2 heterocycles. The molecule has 1 aromatic rings. The molecule has 0 bridgehead atoms. The van der Waals surface area contributed by atoms with Gasteiger partial charge in [-0.1, -0.05) is 20.8 Å². The molecule has 1 N–H and O–H groups in total. The van der Waals surface area contributed by atoms with Crippen LogP contribution in [0.1, 0.15) is 52.3 Å². The fourth-order valence-corrected chi connectivity index (χ4v) is 3.25. The molecule has 0 spiro atoms. The number of likely N-dealkylation sites (tertiary alicyclic amines) is 1. The van der Waals surface area contributed by atoms with E-state index in [4.69, 9.17) is 0 Å². The summed E-state index contributed by atoms with van der Waals surface area (Å²) < 4.78 is 0. The molecule has 112 valence electrons. The number of piperidine rings is 1. The van der Waals surface area contributed by atoms with Crippen molar-refractivity contribution in [1.29, 1.82) is 0 Å². The van der Waals surface area contributed by atoms with Crippen molar-refractivity contribution in [2.45, 2.75) is 52.6 Å². The van der Waals surface area contributed by atoms with Gasteiger partial charge in [-0.3, -0.25) is 4.79 Å². The van der Waals surface area contributed by atoms with E-state index in [9.17, 15) is 4.79 Å². The van der Waals surface area contributed by atoms with Gasteiger partial charge < -0.3 is 10.2 Å². The van der Waals surface area contributed by atoms with E-state index >= 15 is 0 Å². The van der Waals surface area contributed by atoms with Crippen molar-refractivity contribution in [3.05, 3.63) is 16.6 Å². The van der Waals surface area contributed by atoms with Crippen LogP contribution in [0.3, 0.4) is 0 Å². The number of rotatable bonds is 3. The van der Waals surface area contributed by atoms with Gasteiger partial charge in [0.25, 0.3) is 0 Å². The van der Waals surface area contributed by atoms with E-state index in [0.717, 1.165) is 31.6 Å². The topological polar surface area (TPSA) is 45.2 Å². The van der Waals surface area contributed by atoms with Crippen molar-refractivity contribution >= 4 is 17.2 Å². The van der Waals surface area contributed by atoms with Gasteiger partial charge in [-0.2, -0.15) is 0 Å². The highest BCUT2D eigenvalue weighted by atomic mass is 32.1. The first-order chi connectivity index (χ1) is 9.38. The van der Waals surface area contributed by atoms with Crippen LogP contribution in [0.2, 0.25) is 0 Å². The third-order valence-corrected chi connectivity index (χ3v) is 4.41. The average molecular weight is 295 g/mol. The van der Waals surface area contributed by atoms with E-state index in [-0.39, 0.29) is 17.4 Å². The van der Waals surface area contributed by atoms with Gasteiger partial charge in [0, 0.05) is 36.0 Å². The summed E-state index contributed by atoms with van der Waals surface area (Å²) in [5.74, 6) is 0.267. The Morgan fingerprint density at radius 2 is 2.10 bits per heavy atom. The molecule has 1 aliphatic rings. The predicted octanol–water partition coefficient (Wildman–Crippen LogP) is 2.83. The molecule has 0 radical (unpaired) electrons. The highest BCUT2D eigenvalue weighted by Crippen LogP contribution is 2.22. The molecule has 1 fully saturated rings. The molecule has 0 aliphatic carbocycles. The number of aromatic nitrogens is 1. The van der Waals surface area contributed by atoms with E-state index in [1.165, 1.54) is 0 Å². The molecule has 1 saturated heterocycles. The van der Waals surface area contributed by atoms with Crippen LogP contribution in [-0.4, -0.2) is 34.9 Å². The van der Waals surface area contributed by atoms with Gasteiger partial charge in [-0.25, -0.2) is 4.98 Å². The molecular formula is C15H25N3OS. The van der Waals surface area contributed by atoms with Gasteiger partial charge in [0.15, 0.2) is 0 Å². The molecule has 4 nitrogen and oxygen atoms in total. The second kappa shape index (κ2) is 6.22. The number of thiazole rings is 1. The Morgan fingerprint density at radius 3 is 2.60 bits per heavy atom. The van der Waals surface area contributed by atoms with E-state index in [0.29, 0.717) is 6.04 Å². The summed E-state index contributed by atoms with van der Waals surface area (Å²) in [6, 6.07) is 0.770. The molecule has 1 amide bonds. The smallest absolute Gasteiger partial charge is 0.227 e. The molecule has 1 unspecified atom stereocenters. The molecular weight excluding hydrogens is 270 g/mol. The van der Waals surface area contributed by atoms with Crippen LogP contribution < -0.4 is 5.32 Å². The Balaban J connectivity index is 1.81. The van der Waals surface area contributed by atoms with Crippen molar-refractivity contribution in [3.8, 4) is 0 Å². The van der Waals surface area contributed by atoms with E-state index in [2.05, 4.69) is 22.6 Å². The predicted molar refractivity (Wildman–Crippen MR) is 82.7 cm³/mol. The monoisotopic (exact) mass is 295 g/mol. The highest BCUT2D eigenvalue weighted by molar-refractivity contribution is 7.07. The van der Waals surface area contributed by atoms with Crippen LogP contribution in [0.15, 0.2) is 10.9 Å². The minimum Gasteiger partial charge on any atom is -0.342 e. The first-order valence-corrected chi connectivity index (χ1v) is 8.25. The lowest BCUT2D eigenvalue weighted by atomic mass is 9.93. The van der Waals surface area contributed by atoms with Gasteiger partial charge in [-0.05, 0) is 19.8 Å². The molecule has 0 aromatic carbocycles. The van der Waals surface area contributed by atoms with Crippen molar-refractivity contribution < 1.29 is 4.79 Å². The largest absolute Gasteiger partial charge is 0.342 e. The fraction of sp³-hybridized carbons (Fsp3) is 0.733. The first kappa shape index (κ1) is 15.4. The van der Waals surface area contributed by atoms with Crippen LogP contribution in [-0.2, 0) is 4.79 Å². The quantitative estimate of drug-likeness (QED) is 0.932. The van der Waals surface area contributed by atoms with Crippen LogP contribution in [0, 0.1) is 5.41 Å². The third kappa shape index (κ3) is 3.79. The van der Waals surface area contributed by atoms with E-state index < -0.39 is 0 Å². The average Bonchev–Trinajstić information content (AvgIpc) is 2.91. The van der Waals surface area contributed by atoms with Gasteiger partial charge in [-0.15, -0.1) is 11.3 Å². The highest BCUT2D eigenvalue weighted by Gasteiger charge is 2.30. The van der Waals surface area contributed by atoms with Crippen molar-refractivity contribution in [2.24, 2.45) is 5.41 Å². The van der Waals surface area contributed by atoms with Crippen LogP contribution in [0.5, 0.6) is 0 Å². The summed E-state index contributed by atoms with van der Waals surface area (Å²) in [4.78, 5) is 18.6. The van der Waals surface area contributed by atoms with Crippen LogP contribution in [0.4, 0.5) is 0 Å². The fourth-order valence-electron chi connectivity index (χ4n) is 2.60. The molecule has 1 aromatic heterocycles. The first-order valence-electron chi connectivity index (χ1n) is 7.31. The second-order valence-corrected chi connectivity index (χ2v) is 7.34. The van der Waals surface area contributed by atoms with Gasteiger partial charge in [0.2, 0.25) is 5.91 Å². The summed E-state index contributed by atoms with van der Waals surface area (Å²) in [5.41, 5.74) is 2.72. The zero-order valence-corrected chi connectivity index (χ0v) is 13.7. The summed E-state index contributed by atoms with van der Waals surface area (Å²) >= 11 is 1.63. The number of carbonyl (C=O) groups excluding carboxylic acids is 1. The lowest BCUT2D eigenvalue weighted by Gasteiger charge is -2.36. The molecule has 0 saturated carbocycles. The minimum absolute atomic E-state index is 0.267.